The third-order valence-electron chi connectivity index (χ3n) is 2.05. The molecule has 0 aliphatic carbocycles. The van der Waals surface area contributed by atoms with Crippen LogP contribution in [0.5, 0.6) is 0 Å². The highest BCUT2D eigenvalue weighted by molar-refractivity contribution is 7.92. The molecule has 0 saturated heterocycles. The second-order valence-corrected chi connectivity index (χ2v) is 4.97. The summed E-state index contributed by atoms with van der Waals surface area (Å²) < 4.78 is 35.5. The number of anilines is 1. The van der Waals surface area contributed by atoms with Gasteiger partial charge in [0.25, 0.3) is 10.0 Å². The molecule has 0 bridgehead atoms. The first-order valence-corrected chi connectivity index (χ1v) is 6.65. The zero-order chi connectivity index (χ0) is 13.9. The van der Waals surface area contributed by atoms with Crippen molar-refractivity contribution in [2.24, 2.45) is 0 Å². The number of H-pyrrole nitrogens is 1. The molecule has 102 valence electrons. The Balaban J connectivity index is 2.31. The Morgan fingerprint density at radius 3 is 2.95 bits per heavy atom. The standard InChI is InChI=1S/C9H10N4O5S/c1-2-17-9(14)7-4-10-12-8(7)19(15,16)13-6-3-11-18-5-6/h3-5,13H,2H2,1H3,(H,10,12). The van der Waals surface area contributed by atoms with Crippen molar-refractivity contribution in [3.8, 4) is 0 Å². The molecule has 0 aliphatic rings. The summed E-state index contributed by atoms with van der Waals surface area (Å²) in [5, 5.41) is 8.76. The lowest BCUT2D eigenvalue weighted by Crippen LogP contribution is -2.17. The highest BCUT2D eigenvalue weighted by atomic mass is 32.2. The van der Waals surface area contributed by atoms with Crippen LogP contribution in [0, 0.1) is 0 Å². The quantitative estimate of drug-likeness (QED) is 0.760. The predicted molar refractivity (Wildman–Crippen MR) is 61.9 cm³/mol. The van der Waals surface area contributed by atoms with E-state index in [1.165, 1.54) is 6.20 Å². The van der Waals surface area contributed by atoms with Gasteiger partial charge < -0.3 is 9.26 Å². The monoisotopic (exact) mass is 286 g/mol. The van der Waals surface area contributed by atoms with Crippen molar-refractivity contribution in [3.63, 3.8) is 0 Å². The van der Waals surface area contributed by atoms with Gasteiger partial charge in [0.05, 0.1) is 19.0 Å². The number of nitrogens with zero attached hydrogens (tertiary/aromatic N) is 2. The molecule has 0 saturated carbocycles. The molecular formula is C9H10N4O5S. The van der Waals surface area contributed by atoms with E-state index in [4.69, 9.17) is 4.74 Å². The van der Waals surface area contributed by atoms with E-state index in [1.54, 1.807) is 6.92 Å². The number of esters is 1. The van der Waals surface area contributed by atoms with Crippen LogP contribution in [0.2, 0.25) is 0 Å². The molecule has 0 aromatic carbocycles. The second kappa shape index (κ2) is 5.10. The van der Waals surface area contributed by atoms with Crippen molar-refractivity contribution in [2.45, 2.75) is 11.9 Å². The van der Waals surface area contributed by atoms with Gasteiger partial charge in [-0.05, 0) is 6.92 Å². The molecule has 2 rings (SSSR count). The normalized spacial score (nSPS) is 11.2. The van der Waals surface area contributed by atoms with E-state index < -0.39 is 16.0 Å². The van der Waals surface area contributed by atoms with E-state index >= 15 is 0 Å². The molecule has 0 amide bonds. The van der Waals surface area contributed by atoms with Crippen molar-refractivity contribution < 1.29 is 22.5 Å². The lowest BCUT2D eigenvalue weighted by Gasteiger charge is -2.05. The van der Waals surface area contributed by atoms with E-state index in [-0.39, 0.29) is 22.9 Å². The first kappa shape index (κ1) is 13.1. The van der Waals surface area contributed by atoms with Crippen molar-refractivity contribution in [2.75, 3.05) is 11.3 Å². The zero-order valence-corrected chi connectivity index (χ0v) is 10.6. The fourth-order valence-corrected chi connectivity index (χ4v) is 2.41. The van der Waals surface area contributed by atoms with Crippen LogP contribution in [-0.4, -0.2) is 36.3 Å². The van der Waals surface area contributed by atoms with Gasteiger partial charge in [0.2, 0.25) is 0 Å². The summed E-state index contributed by atoms with van der Waals surface area (Å²) in [5.41, 5.74) is -0.0461. The lowest BCUT2D eigenvalue weighted by molar-refractivity contribution is 0.0522. The maximum absolute atomic E-state index is 12.0. The van der Waals surface area contributed by atoms with Crippen LogP contribution in [0.4, 0.5) is 5.69 Å². The topological polar surface area (TPSA) is 127 Å². The van der Waals surface area contributed by atoms with Crippen LogP contribution in [-0.2, 0) is 14.8 Å². The molecule has 19 heavy (non-hydrogen) atoms. The Morgan fingerprint density at radius 2 is 2.32 bits per heavy atom. The zero-order valence-electron chi connectivity index (χ0n) is 9.78. The van der Waals surface area contributed by atoms with Gasteiger partial charge in [-0.3, -0.25) is 9.82 Å². The summed E-state index contributed by atoms with van der Waals surface area (Å²) in [6.45, 7) is 1.74. The molecule has 10 heteroatoms. The number of carbonyl (C=O) groups excluding carboxylic acids is 1. The summed E-state index contributed by atoms with van der Waals surface area (Å²) in [6, 6.07) is 0. The average molecular weight is 286 g/mol. The summed E-state index contributed by atoms with van der Waals surface area (Å²) >= 11 is 0. The number of ether oxygens (including phenoxy) is 1. The molecule has 0 fully saturated rings. The van der Waals surface area contributed by atoms with Gasteiger partial charge in [-0.2, -0.15) is 13.5 Å². The highest BCUT2D eigenvalue weighted by Gasteiger charge is 2.26. The van der Waals surface area contributed by atoms with Crippen LogP contribution < -0.4 is 4.72 Å². The van der Waals surface area contributed by atoms with Gasteiger partial charge in [0.15, 0.2) is 5.03 Å². The predicted octanol–water partition coefficient (Wildman–Crippen LogP) is 0.375. The number of aromatic nitrogens is 3. The molecule has 2 aromatic heterocycles. The molecule has 2 heterocycles. The van der Waals surface area contributed by atoms with Crippen LogP contribution in [0.1, 0.15) is 17.3 Å². The maximum atomic E-state index is 12.0. The number of carbonyl (C=O) groups is 1. The number of sulfonamides is 1. The average Bonchev–Trinajstić information content (AvgIpc) is 2.98. The fraction of sp³-hybridized carbons (Fsp3) is 0.222. The molecule has 0 unspecified atom stereocenters. The van der Waals surface area contributed by atoms with Crippen molar-refractivity contribution in [1.82, 2.24) is 15.4 Å². The van der Waals surface area contributed by atoms with E-state index in [0.717, 1.165) is 12.5 Å². The minimum absolute atomic E-state index is 0.128. The molecule has 2 N–H and O–H groups in total. The number of hydrogen-bond donors (Lipinski definition) is 2. The summed E-state index contributed by atoms with van der Waals surface area (Å²) in [7, 11) is -4.00. The Kier molecular flexibility index (Phi) is 3.51. The molecule has 0 aliphatic heterocycles. The van der Waals surface area contributed by atoms with Crippen LogP contribution in [0.3, 0.4) is 0 Å². The van der Waals surface area contributed by atoms with Crippen LogP contribution >= 0.6 is 0 Å². The first-order chi connectivity index (χ1) is 9.04. The van der Waals surface area contributed by atoms with E-state index in [0.29, 0.717) is 0 Å². The number of rotatable bonds is 5. The van der Waals surface area contributed by atoms with Gasteiger partial charge in [-0.15, -0.1) is 0 Å². The Labute approximate surface area is 108 Å². The highest BCUT2D eigenvalue weighted by Crippen LogP contribution is 2.17. The third kappa shape index (κ3) is 2.73. The minimum atomic E-state index is -4.00. The lowest BCUT2D eigenvalue weighted by atomic mass is 10.4. The number of hydrogen-bond acceptors (Lipinski definition) is 7. The maximum Gasteiger partial charge on any atom is 0.342 e. The van der Waals surface area contributed by atoms with Gasteiger partial charge in [0, 0.05) is 0 Å². The van der Waals surface area contributed by atoms with E-state index in [2.05, 4.69) is 24.6 Å². The molecule has 0 spiro atoms. The smallest absolute Gasteiger partial charge is 0.342 e. The largest absolute Gasteiger partial charge is 0.462 e. The van der Waals surface area contributed by atoms with Gasteiger partial charge >= 0.3 is 5.97 Å². The summed E-state index contributed by atoms with van der Waals surface area (Å²) in [4.78, 5) is 11.6. The van der Waals surface area contributed by atoms with Crippen LogP contribution in [0.15, 0.2) is 28.2 Å². The third-order valence-corrected chi connectivity index (χ3v) is 3.41. The van der Waals surface area contributed by atoms with Crippen molar-refractivity contribution in [3.05, 3.63) is 24.2 Å². The summed E-state index contributed by atoms with van der Waals surface area (Å²) in [5.74, 6) is -0.776. The molecular weight excluding hydrogens is 276 g/mol. The molecule has 0 radical (unpaired) electrons. The number of nitrogens with one attached hydrogen (secondary N) is 2. The Morgan fingerprint density at radius 1 is 1.53 bits per heavy atom. The fourth-order valence-electron chi connectivity index (χ4n) is 1.29. The van der Waals surface area contributed by atoms with Crippen molar-refractivity contribution >= 4 is 21.7 Å². The van der Waals surface area contributed by atoms with E-state index in [1.807, 2.05) is 0 Å². The van der Waals surface area contributed by atoms with Gasteiger partial charge in [0.1, 0.15) is 17.5 Å². The van der Waals surface area contributed by atoms with Gasteiger partial charge in [-0.1, -0.05) is 5.16 Å². The number of aromatic amines is 1. The molecule has 9 nitrogen and oxygen atoms in total. The SMILES string of the molecule is CCOC(=O)c1cn[nH]c1S(=O)(=O)Nc1cnoc1. The van der Waals surface area contributed by atoms with E-state index in [9.17, 15) is 13.2 Å². The van der Waals surface area contributed by atoms with Gasteiger partial charge in [-0.25, -0.2) is 4.79 Å². The molecule has 0 atom stereocenters. The Hall–Kier alpha value is -2.36. The Bertz CT molecular complexity index is 661. The summed E-state index contributed by atoms with van der Waals surface area (Å²) in [6.07, 6.45) is 3.37. The second-order valence-electron chi connectivity index (χ2n) is 3.35. The van der Waals surface area contributed by atoms with Crippen molar-refractivity contribution in [1.29, 1.82) is 0 Å². The first-order valence-electron chi connectivity index (χ1n) is 5.17. The minimum Gasteiger partial charge on any atom is -0.462 e. The van der Waals surface area contributed by atoms with Crippen LogP contribution in [0.25, 0.3) is 0 Å². The molecule has 2 aromatic rings.